The van der Waals surface area contributed by atoms with Gasteiger partial charge in [-0.2, -0.15) is 0 Å². The molecular weight excluding hydrogens is 432 g/mol. The summed E-state index contributed by atoms with van der Waals surface area (Å²) in [5, 5.41) is 71.5. The maximum atomic E-state index is 9.63. The molecule has 4 atom stereocenters. The fraction of sp³-hybridized carbons (Fsp3) is 0.500. The van der Waals surface area contributed by atoms with Gasteiger partial charge in [-0.3, -0.25) is 0 Å². The molecule has 0 spiro atoms. The van der Waals surface area contributed by atoms with Crippen LogP contribution in [0.5, 0.6) is 0 Å². The third kappa shape index (κ3) is 16.8. The van der Waals surface area contributed by atoms with Gasteiger partial charge in [0.25, 0.3) is 0 Å². The fourth-order valence-corrected chi connectivity index (χ4v) is 0.516. The summed E-state index contributed by atoms with van der Waals surface area (Å²) in [6, 6.07) is 0. The van der Waals surface area contributed by atoms with E-state index >= 15 is 0 Å². The summed E-state index contributed by atoms with van der Waals surface area (Å²) in [4.78, 5) is 38.5. The summed E-state index contributed by atoms with van der Waals surface area (Å²) >= 11 is 0. The Hall–Kier alpha value is 1.62. The summed E-state index contributed by atoms with van der Waals surface area (Å²) in [6.45, 7) is 0. The number of rotatable bonds is 6. The number of aliphatic hydroxyl groups is 4. The van der Waals surface area contributed by atoms with Crippen molar-refractivity contribution in [3.63, 3.8) is 0 Å². The first-order valence-corrected chi connectivity index (χ1v) is 4.49. The average Bonchev–Trinajstić information content (AvgIpc) is 2.35. The van der Waals surface area contributed by atoms with Crippen LogP contribution >= 0.6 is 0 Å². The Morgan fingerprint density at radius 1 is 0.522 bits per heavy atom. The van der Waals surface area contributed by atoms with Gasteiger partial charge in [0.1, 0.15) is 24.4 Å². The third-order valence-electron chi connectivity index (χ3n) is 1.56. The van der Waals surface area contributed by atoms with Crippen LogP contribution in [0.4, 0.5) is 0 Å². The molecule has 0 saturated heterocycles. The predicted molar refractivity (Wildman–Crippen MR) is 44.1 cm³/mol. The van der Waals surface area contributed by atoms with E-state index in [9.17, 15) is 39.6 Å². The van der Waals surface area contributed by atoms with E-state index in [0.29, 0.717) is 0 Å². The van der Waals surface area contributed by atoms with Crippen LogP contribution in [0.15, 0.2) is 0 Å². The van der Waals surface area contributed by atoms with Crippen LogP contribution in [0.1, 0.15) is 0 Å². The second-order valence-electron chi connectivity index (χ2n) is 3.06. The Kier molecular flexibility index (Phi) is 28.6. The van der Waals surface area contributed by atoms with E-state index < -0.39 is 48.3 Å². The average molecular weight is 440 g/mol. The molecule has 4 N–H and O–H groups in total. The van der Waals surface area contributed by atoms with Gasteiger partial charge in [-0.05, 0) is 0 Å². The molecule has 0 aliphatic carbocycles. The summed E-state index contributed by atoms with van der Waals surface area (Å²) in [7, 11) is 0. The van der Waals surface area contributed by atoms with E-state index in [2.05, 4.69) is 0 Å². The first-order valence-electron chi connectivity index (χ1n) is 4.49. The first kappa shape index (κ1) is 35.7. The van der Waals surface area contributed by atoms with E-state index in [-0.39, 0.29) is 122 Å². The number of carboxylic acid groups (broad SMARTS) is 4. The minimum absolute atomic E-state index is 0. The van der Waals surface area contributed by atoms with E-state index in [1.54, 1.807) is 0 Å². The predicted octanol–water partition coefficient (Wildman–Crippen LogP) is -15.6. The van der Waals surface area contributed by atoms with Gasteiger partial charge < -0.3 is 60.0 Å². The maximum Gasteiger partial charge on any atom is 2.00 e. The van der Waals surface area contributed by atoms with Gasteiger partial charge in [0.05, 0.1) is 23.9 Å². The Morgan fingerprint density at radius 3 is 0.652 bits per heavy atom. The summed E-state index contributed by atoms with van der Waals surface area (Å²) < 4.78 is 0. The van der Waals surface area contributed by atoms with Crippen molar-refractivity contribution in [3.8, 4) is 0 Å². The van der Waals surface area contributed by atoms with Crippen LogP contribution in [-0.4, -0.2) is 68.7 Å². The molecule has 0 rings (SSSR count). The van der Waals surface area contributed by atoms with Gasteiger partial charge in [-0.25, -0.2) is 0 Å². The summed E-state index contributed by atoms with van der Waals surface area (Å²) in [5.74, 6) is -8.23. The zero-order chi connectivity index (χ0) is 16.6. The molecule has 116 valence electrons. The number of hydrogen-bond acceptors (Lipinski definition) is 12. The Labute approximate surface area is 226 Å². The third-order valence-corrected chi connectivity index (χ3v) is 1.56. The molecule has 0 aromatic rings. The largest absolute Gasteiger partial charge is 2.00 e. The summed E-state index contributed by atoms with van der Waals surface area (Å²) in [5.41, 5.74) is 0. The number of aliphatic carboxylic acids is 4. The van der Waals surface area contributed by atoms with Crippen LogP contribution in [-0.2, 0) is 38.7 Å². The van der Waals surface area contributed by atoms with Crippen LogP contribution in [0.2, 0.25) is 0 Å². The molecule has 0 saturated carbocycles. The van der Waals surface area contributed by atoms with Crippen LogP contribution in [0.3, 0.4) is 0 Å². The van der Waals surface area contributed by atoms with Gasteiger partial charge >= 0.3 is 122 Å². The van der Waals surface area contributed by atoms with Crippen molar-refractivity contribution in [3.05, 3.63) is 0 Å². The molecule has 0 aliphatic heterocycles. The molecule has 0 aromatic heterocycles. The van der Waals surface area contributed by atoms with Crippen molar-refractivity contribution in [2.45, 2.75) is 24.4 Å². The number of carbonyl (C=O) groups is 4. The normalized spacial score (nSPS) is 13.7. The van der Waals surface area contributed by atoms with Crippen molar-refractivity contribution in [1.29, 1.82) is 0 Å². The van der Waals surface area contributed by atoms with Gasteiger partial charge in [0.15, 0.2) is 0 Å². The molecule has 0 aliphatic rings. The van der Waals surface area contributed by atoms with Crippen LogP contribution < -0.4 is 123 Å². The van der Waals surface area contributed by atoms with Crippen molar-refractivity contribution in [1.82, 2.24) is 0 Å². The Morgan fingerprint density at radius 2 is 0.609 bits per heavy atom. The molecular formula is C8H8K2O12Zn. The standard InChI is InChI=1S/2C4H6O6.2K.Zn/c2*5-1(3(7)8)2(6)4(9)10;;;/h2*1-2,5-6H,(H,7,8)(H,9,10);;;/q;;2*+1;+2/p-4. The van der Waals surface area contributed by atoms with E-state index in [1.165, 1.54) is 0 Å². The molecule has 0 radical (unpaired) electrons. The smallest absolute Gasteiger partial charge is 0.547 e. The topological polar surface area (TPSA) is 241 Å². The van der Waals surface area contributed by atoms with E-state index in [4.69, 9.17) is 20.4 Å². The van der Waals surface area contributed by atoms with Crippen molar-refractivity contribution in [2.24, 2.45) is 0 Å². The van der Waals surface area contributed by atoms with Crippen molar-refractivity contribution < 1.29 is 182 Å². The molecule has 0 fully saturated rings. The molecule has 12 nitrogen and oxygen atoms in total. The quantitative estimate of drug-likeness (QED) is 0.282. The van der Waals surface area contributed by atoms with Gasteiger partial charge in [0, 0.05) is 0 Å². The molecule has 15 heteroatoms. The van der Waals surface area contributed by atoms with Crippen LogP contribution in [0.25, 0.3) is 0 Å². The molecule has 4 unspecified atom stereocenters. The van der Waals surface area contributed by atoms with Crippen molar-refractivity contribution in [2.75, 3.05) is 0 Å². The second kappa shape index (κ2) is 18.4. The van der Waals surface area contributed by atoms with Gasteiger partial charge in [-0.15, -0.1) is 0 Å². The minimum Gasteiger partial charge on any atom is -0.547 e. The summed E-state index contributed by atoms with van der Waals surface area (Å²) in [6.07, 6.45) is -9.76. The SMILES string of the molecule is O=C([O-])C(O)C(O)C(=O)[O-].O=C([O-])C(O)C(O)C(=O)[O-].[K+].[K+].[Zn+2]. The number of carboxylic acids is 4. The Balaban J connectivity index is -0.0000000831. The van der Waals surface area contributed by atoms with Crippen LogP contribution in [0, 0.1) is 0 Å². The second-order valence-corrected chi connectivity index (χ2v) is 3.06. The molecule has 23 heavy (non-hydrogen) atoms. The zero-order valence-corrected chi connectivity index (χ0v) is 21.3. The number of hydrogen-bond donors (Lipinski definition) is 4. The molecule has 0 bridgehead atoms. The Bertz CT molecular complexity index is 319. The van der Waals surface area contributed by atoms with Gasteiger partial charge in [-0.1, -0.05) is 0 Å². The monoisotopic (exact) mass is 438 g/mol. The fourth-order valence-electron chi connectivity index (χ4n) is 0.516. The molecule has 0 amide bonds. The zero-order valence-electron chi connectivity index (χ0n) is 12.1. The molecule has 0 aromatic carbocycles. The molecule has 0 heterocycles. The van der Waals surface area contributed by atoms with Gasteiger partial charge in [0.2, 0.25) is 0 Å². The number of aliphatic hydroxyl groups excluding tert-OH is 4. The first-order chi connectivity index (χ1) is 8.93. The number of carbonyl (C=O) groups excluding carboxylic acids is 4. The van der Waals surface area contributed by atoms with E-state index in [1.807, 2.05) is 0 Å². The maximum absolute atomic E-state index is 9.63. The van der Waals surface area contributed by atoms with E-state index in [0.717, 1.165) is 0 Å². The van der Waals surface area contributed by atoms with Crippen molar-refractivity contribution >= 4 is 23.9 Å². The minimum atomic E-state index is -2.44.